The van der Waals surface area contributed by atoms with Crippen molar-refractivity contribution in [2.45, 2.75) is 13.8 Å². The molecule has 2 aromatic rings. The van der Waals surface area contributed by atoms with Crippen molar-refractivity contribution in [2.75, 3.05) is 31.3 Å². The Kier molecular flexibility index (Phi) is 4.55. The Hall–Kier alpha value is -1.27. The van der Waals surface area contributed by atoms with Gasteiger partial charge in [0.1, 0.15) is 4.88 Å². The molecule has 0 atom stereocenters. The topological polar surface area (TPSA) is 59.2 Å². The van der Waals surface area contributed by atoms with E-state index in [-0.39, 0.29) is 5.91 Å². The number of anilines is 1. The van der Waals surface area contributed by atoms with Crippen LogP contribution in [0.4, 0.5) is 5.69 Å². The third-order valence-electron chi connectivity index (χ3n) is 3.19. The zero-order chi connectivity index (χ0) is 14.9. The molecule has 0 aromatic carbocycles. The second-order valence-electron chi connectivity index (χ2n) is 4.79. The van der Waals surface area contributed by atoms with Gasteiger partial charge in [0, 0.05) is 40.8 Å². The molecule has 0 radical (unpaired) electrons. The molecular formula is C14H19N3OS2. The number of hydrogen-bond donors (Lipinski definition) is 1. The van der Waals surface area contributed by atoms with Gasteiger partial charge in [-0.3, -0.25) is 9.78 Å². The maximum Gasteiger partial charge on any atom is 0.265 e. The number of thiophene rings is 1. The van der Waals surface area contributed by atoms with Gasteiger partial charge in [0.25, 0.3) is 5.91 Å². The van der Waals surface area contributed by atoms with Crippen molar-refractivity contribution < 1.29 is 4.79 Å². The highest BCUT2D eigenvalue weighted by molar-refractivity contribution is 7.98. The first-order valence-electron chi connectivity index (χ1n) is 6.36. The van der Waals surface area contributed by atoms with Gasteiger partial charge >= 0.3 is 0 Å². The number of nitrogen functional groups attached to an aromatic ring is 1. The number of fused-ring (bicyclic) bond motifs is 1. The summed E-state index contributed by atoms with van der Waals surface area (Å²) < 4.78 is 1.04. The smallest absolute Gasteiger partial charge is 0.265 e. The van der Waals surface area contributed by atoms with Gasteiger partial charge in [-0.25, -0.2) is 0 Å². The molecule has 0 bridgehead atoms. The molecule has 2 heterocycles. The number of thioether (sulfide) groups is 1. The zero-order valence-electron chi connectivity index (χ0n) is 12.2. The molecule has 0 aliphatic carbocycles. The number of nitrogens with zero attached hydrogens (tertiary/aromatic N) is 2. The predicted molar refractivity (Wildman–Crippen MR) is 88.8 cm³/mol. The minimum atomic E-state index is -0.00481. The lowest BCUT2D eigenvalue weighted by atomic mass is 10.2. The number of aryl methyl sites for hydroxylation is 2. The summed E-state index contributed by atoms with van der Waals surface area (Å²) in [5.74, 6) is 0.919. The van der Waals surface area contributed by atoms with Crippen molar-refractivity contribution in [2.24, 2.45) is 0 Å². The fourth-order valence-electron chi connectivity index (χ4n) is 2.14. The van der Waals surface area contributed by atoms with E-state index in [9.17, 15) is 4.79 Å². The SMILES string of the molecule is CSCCN(C)C(=O)c1sc2cc(C)nc(C)c2c1N. The summed E-state index contributed by atoms with van der Waals surface area (Å²) in [6.45, 7) is 4.61. The molecule has 0 saturated heterocycles. The van der Waals surface area contributed by atoms with E-state index in [2.05, 4.69) is 4.98 Å². The summed E-state index contributed by atoms with van der Waals surface area (Å²) in [5, 5.41) is 0.919. The van der Waals surface area contributed by atoms with Crippen LogP contribution in [0.15, 0.2) is 6.07 Å². The Balaban J connectivity index is 2.43. The maximum absolute atomic E-state index is 12.5. The molecule has 1 amide bonds. The molecule has 0 saturated carbocycles. The van der Waals surface area contributed by atoms with E-state index in [0.717, 1.165) is 33.8 Å². The highest BCUT2D eigenvalue weighted by Gasteiger charge is 2.21. The van der Waals surface area contributed by atoms with E-state index in [1.54, 1.807) is 16.7 Å². The van der Waals surface area contributed by atoms with Crippen molar-refractivity contribution in [3.63, 3.8) is 0 Å². The average molecular weight is 309 g/mol. The van der Waals surface area contributed by atoms with E-state index in [4.69, 9.17) is 5.73 Å². The average Bonchev–Trinajstić information content (AvgIpc) is 2.72. The minimum Gasteiger partial charge on any atom is -0.397 e. The first-order chi connectivity index (χ1) is 9.45. The van der Waals surface area contributed by atoms with Crippen LogP contribution in [0.3, 0.4) is 0 Å². The molecule has 2 rings (SSSR count). The fraction of sp³-hybridized carbons (Fsp3) is 0.429. The molecule has 2 N–H and O–H groups in total. The molecule has 0 aliphatic heterocycles. The predicted octanol–water partition coefficient (Wildman–Crippen LogP) is 2.93. The highest BCUT2D eigenvalue weighted by Crippen LogP contribution is 2.36. The van der Waals surface area contributed by atoms with E-state index < -0.39 is 0 Å². The Morgan fingerprint density at radius 1 is 1.50 bits per heavy atom. The van der Waals surface area contributed by atoms with Crippen molar-refractivity contribution in [1.82, 2.24) is 9.88 Å². The Bertz CT molecular complexity index is 651. The summed E-state index contributed by atoms with van der Waals surface area (Å²) in [6, 6.07) is 1.99. The summed E-state index contributed by atoms with van der Waals surface area (Å²) in [7, 11) is 1.82. The molecule has 0 spiro atoms. The van der Waals surface area contributed by atoms with Crippen LogP contribution in [0.1, 0.15) is 21.1 Å². The number of carbonyl (C=O) groups is 1. The normalized spacial score (nSPS) is 11.0. The quantitative estimate of drug-likeness (QED) is 0.943. The molecule has 0 unspecified atom stereocenters. The molecule has 108 valence electrons. The van der Waals surface area contributed by atoms with Crippen molar-refractivity contribution in [3.8, 4) is 0 Å². The van der Waals surface area contributed by atoms with Crippen LogP contribution >= 0.6 is 23.1 Å². The van der Waals surface area contributed by atoms with Crippen LogP contribution in [-0.4, -0.2) is 41.4 Å². The third-order valence-corrected chi connectivity index (χ3v) is 4.92. The molecule has 0 aliphatic rings. The molecule has 6 heteroatoms. The first-order valence-corrected chi connectivity index (χ1v) is 8.57. The van der Waals surface area contributed by atoms with Crippen LogP contribution in [0.2, 0.25) is 0 Å². The van der Waals surface area contributed by atoms with Gasteiger partial charge in [-0.2, -0.15) is 11.8 Å². The largest absolute Gasteiger partial charge is 0.397 e. The number of pyridine rings is 1. The van der Waals surface area contributed by atoms with Gasteiger partial charge in [0.2, 0.25) is 0 Å². The van der Waals surface area contributed by atoms with Crippen molar-refractivity contribution in [3.05, 3.63) is 22.3 Å². The molecule has 20 heavy (non-hydrogen) atoms. The van der Waals surface area contributed by atoms with Crippen molar-refractivity contribution in [1.29, 1.82) is 0 Å². The van der Waals surface area contributed by atoms with Crippen LogP contribution < -0.4 is 5.73 Å². The summed E-state index contributed by atoms with van der Waals surface area (Å²) >= 11 is 3.18. The van der Waals surface area contributed by atoms with E-state index in [1.807, 2.05) is 33.2 Å². The number of carbonyl (C=O) groups excluding carboxylic acids is 1. The van der Waals surface area contributed by atoms with Crippen molar-refractivity contribution >= 4 is 44.8 Å². The number of hydrogen-bond acceptors (Lipinski definition) is 5. The standard InChI is InChI=1S/C14H19N3OS2/c1-8-7-10-11(9(2)16-8)12(15)13(20-10)14(18)17(3)5-6-19-4/h7H,5-6,15H2,1-4H3. The van der Waals surface area contributed by atoms with E-state index in [1.165, 1.54) is 11.3 Å². The second kappa shape index (κ2) is 6.01. The summed E-state index contributed by atoms with van der Waals surface area (Å²) in [6.07, 6.45) is 2.03. The number of amides is 1. The minimum absolute atomic E-state index is 0.00481. The zero-order valence-corrected chi connectivity index (χ0v) is 13.8. The Morgan fingerprint density at radius 3 is 2.85 bits per heavy atom. The van der Waals surface area contributed by atoms with Crippen LogP contribution in [0.5, 0.6) is 0 Å². The van der Waals surface area contributed by atoms with Gasteiger partial charge in [-0.15, -0.1) is 11.3 Å². The van der Waals surface area contributed by atoms with Gasteiger partial charge < -0.3 is 10.6 Å². The molecular weight excluding hydrogens is 290 g/mol. The van der Waals surface area contributed by atoms with Gasteiger partial charge in [0.05, 0.1) is 5.69 Å². The third kappa shape index (κ3) is 2.76. The number of nitrogens with two attached hydrogens (primary N) is 1. The summed E-state index contributed by atoms with van der Waals surface area (Å²) in [5.41, 5.74) is 8.58. The van der Waals surface area contributed by atoms with E-state index >= 15 is 0 Å². The Labute approximate surface area is 127 Å². The second-order valence-corrected chi connectivity index (χ2v) is 6.82. The lowest BCUT2D eigenvalue weighted by Gasteiger charge is -2.15. The number of rotatable bonds is 4. The van der Waals surface area contributed by atoms with Gasteiger partial charge in [-0.05, 0) is 26.2 Å². The fourth-order valence-corrected chi connectivity index (χ4v) is 3.86. The maximum atomic E-state index is 12.5. The molecule has 0 fully saturated rings. The van der Waals surface area contributed by atoms with Crippen LogP contribution in [0.25, 0.3) is 10.1 Å². The summed E-state index contributed by atoms with van der Waals surface area (Å²) in [4.78, 5) is 19.2. The monoisotopic (exact) mass is 309 g/mol. The lowest BCUT2D eigenvalue weighted by Crippen LogP contribution is -2.28. The molecule has 2 aromatic heterocycles. The first kappa shape index (κ1) is 15.1. The van der Waals surface area contributed by atoms with Gasteiger partial charge in [-0.1, -0.05) is 0 Å². The lowest BCUT2D eigenvalue weighted by molar-refractivity contribution is 0.0809. The highest BCUT2D eigenvalue weighted by atomic mass is 32.2. The number of aromatic nitrogens is 1. The van der Waals surface area contributed by atoms with Gasteiger partial charge in [0.15, 0.2) is 0 Å². The molecule has 4 nitrogen and oxygen atoms in total. The van der Waals surface area contributed by atoms with Crippen LogP contribution in [-0.2, 0) is 0 Å². The van der Waals surface area contributed by atoms with E-state index in [0.29, 0.717) is 10.6 Å². The Morgan fingerprint density at radius 2 is 2.20 bits per heavy atom. The van der Waals surface area contributed by atoms with Crippen LogP contribution in [0, 0.1) is 13.8 Å².